The maximum Gasteiger partial charge on any atom is 0.336 e. The lowest BCUT2D eigenvalue weighted by Gasteiger charge is -2.24. The van der Waals surface area contributed by atoms with E-state index in [1.807, 2.05) is 6.92 Å². The number of carboxylic acid groups (broad SMARTS) is 1. The molecule has 0 aliphatic rings. The highest BCUT2D eigenvalue weighted by atomic mass is 79.9. The van der Waals surface area contributed by atoms with Crippen LogP contribution >= 0.6 is 15.9 Å². The van der Waals surface area contributed by atoms with E-state index < -0.39 is 11.8 Å². The molecule has 0 fully saturated rings. The number of carboxylic acids is 1. The maximum atomic E-state index is 14.1. The second-order valence-corrected chi connectivity index (χ2v) is 5.40. The van der Waals surface area contributed by atoms with Crippen molar-refractivity contribution in [3.63, 3.8) is 0 Å². The van der Waals surface area contributed by atoms with Crippen molar-refractivity contribution in [3.05, 3.63) is 28.0 Å². The molecule has 1 rings (SSSR count). The van der Waals surface area contributed by atoms with E-state index in [4.69, 9.17) is 5.11 Å². The lowest BCUT2D eigenvalue weighted by Crippen LogP contribution is -2.25. The molecule has 1 unspecified atom stereocenters. The topological polar surface area (TPSA) is 49.3 Å². The normalized spacial score (nSPS) is 12.5. The number of hydrogen-bond donors (Lipinski definition) is 2. The van der Waals surface area contributed by atoms with Crippen molar-refractivity contribution in [2.24, 2.45) is 5.92 Å². The summed E-state index contributed by atoms with van der Waals surface area (Å²) in [5.74, 6) is -1.25. The van der Waals surface area contributed by atoms with E-state index in [-0.39, 0.29) is 16.1 Å². The van der Waals surface area contributed by atoms with Crippen molar-refractivity contribution < 1.29 is 14.3 Å². The molecule has 0 aromatic heterocycles. The van der Waals surface area contributed by atoms with E-state index in [0.717, 1.165) is 12.8 Å². The van der Waals surface area contributed by atoms with Crippen molar-refractivity contribution in [1.29, 1.82) is 0 Å². The highest BCUT2D eigenvalue weighted by Crippen LogP contribution is 2.28. The van der Waals surface area contributed by atoms with Gasteiger partial charge in [-0.15, -0.1) is 0 Å². The van der Waals surface area contributed by atoms with Gasteiger partial charge in [0, 0.05) is 6.04 Å². The fourth-order valence-corrected chi connectivity index (χ4v) is 2.70. The molecule has 106 valence electrons. The minimum Gasteiger partial charge on any atom is -0.478 e. The van der Waals surface area contributed by atoms with Crippen LogP contribution in [0.1, 0.15) is 44.0 Å². The van der Waals surface area contributed by atoms with Crippen LogP contribution in [0.3, 0.4) is 0 Å². The molecular weight excluding hydrogens is 313 g/mol. The zero-order chi connectivity index (χ0) is 14.6. The van der Waals surface area contributed by atoms with Crippen LogP contribution < -0.4 is 5.32 Å². The van der Waals surface area contributed by atoms with E-state index in [1.165, 1.54) is 12.1 Å². The van der Waals surface area contributed by atoms with Gasteiger partial charge in [-0.2, -0.15) is 0 Å². The molecule has 1 aromatic carbocycles. The first-order valence-corrected chi connectivity index (χ1v) is 7.19. The van der Waals surface area contributed by atoms with Crippen LogP contribution in [0.15, 0.2) is 16.6 Å². The van der Waals surface area contributed by atoms with Crippen LogP contribution in [0.5, 0.6) is 0 Å². The molecule has 0 heterocycles. The summed E-state index contributed by atoms with van der Waals surface area (Å²) in [6, 6.07) is 3.01. The molecule has 0 radical (unpaired) electrons. The summed E-state index contributed by atoms with van der Waals surface area (Å²) >= 11 is 3.00. The Balaban J connectivity index is 2.97. The minimum atomic E-state index is -1.15. The molecule has 0 saturated carbocycles. The third-order valence-electron chi connectivity index (χ3n) is 3.45. The van der Waals surface area contributed by atoms with E-state index in [9.17, 15) is 9.18 Å². The SMILES string of the molecule is CCC(CC)C(C)Nc1ccc(C(=O)O)c(Br)c1F. The molecule has 19 heavy (non-hydrogen) atoms. The molecule has 5 heteroatoms. The third kappa shape index (κ3) is 3.69. The molecule has 3 nitrogen and oxygen atoms in total. The number of rotatable bonds is 6. The van der Waals surface area contributed by atoms with E-state index in [2.05, 4.69) is 35.1 Å². The molecule has 0 spiro atoms. The Kier molecular flexibility index (Phi) is 5.79. The van der Waals surface area contributed by atoms with Gasteiger partial charge in [0.1, 0.15) is 0 Å². The van der Waals surface area contributed by atoms with Crippen molar-refractivity contribution in [2.45, 2.75) is 39.7 Å². The van der Waals surface area contributed by atoms with Gasteiger partial charge < -0.3 is 10.4 Å². The molecule has 0 aliphatic carbocycles. The number of nitrogens with one attached hydrogen (secondary N) is 1. The summed E-state index contributed by atoms with van der Waals surface area (Å²) in [5, 5.41) is 12.0. The van der Waals surface area contributed by atoms with Gasteiger partial charge in [0.2, 0.25) is 0 Å². The predicted octanol–water partition coefficient (Wildman–Crippen LogP) is 4.52. The first-order chi connectivity index (χ1) is 8.92. The Hall–Kier alpha value is -1.10. The zero-order valence-electron chi connectivity index (χ0n) is 11.3. The van der Waals surface area contributed by atoms with Gasteiger partial charge in [-0.05, 0) is 40.9 Å². The Morgan fingerprint density at radius 2 is 2.00 bits per heavy atom. The molecule has 0 amide bonds. The molecular formula is C14H19BrFNO2. The van der Waals surface area contributed by atoms with Gasteiger partial charge >= 0.3 is 5.97 Å². The minimum absolute atomic E-state index is 0.0123. The van der Waals surface area contributed by atoms with Crippen LogP contribution in [0, 0.1) is 11.7 Å². The third-order valence-corrected chi connectivity index (χ3v) is 4.23. The maximum absolute atomic E-state index is 14.1. The van der Waals surface area contributed by atoms with Gasteiger partial charge in [-0.3, -0.25) is 0 Å². The first-order valence-electron chi connectivity index (χ1n) is 6.40. The molecule has 1 aromatic rings. The Labute approximate surface area is 121 Å². The monoisotopic (exact) mass is 331 g/mol. The Morgan fingerprint density at radius 3 is 2.47 bits per heavy atom. The highest BCUT2D eigenvalue weighted by Gasteiger charge is 2.19. The number of carbonyl (C=O) groups is 1. The summed E-state index contributed by atoms with van der Waals surface area (Å²) in [5.41, 5.74) is 0.259. The average Bonchev–Trinajstić information content (AvgIpc) is 2.36. The average molecular weight is 332 g/mol. The van der Waals surface area contributed by atoms with Gasteiger partial charge in [-0.25, -0.2) is 9.18 Å². The number of aromatic carboxylic acids is 1. The van der Waals surface area contributed by atoms with Gasteiger partial charge in [0.15, 0.2) is 5.82 Å². The molecule has 0 aliphatic heterocycles. The van der Waals surface area contributed by atoms with Crippen LogP contribution in [-0.2, 0) is 0 Å². The lowest BCUT2D eigenvalue weighted by molar-refractivity contribution is 0.0695. The van der Waals surface area contributed by atoms with E-state index in [0.29, 0.717) is 11.6 Å². The van der Waals surface area contributed by atoms with Crippen LogP contribution in [0.25, 0.3) is 0 Å². The Bertz CT molecular complexity index is 461. The fraction of sp³-hybridized carbons (Fsp3) is 0.500. The molecule has 0 saturated heterocycles. The van der Waals surface area contributed by atoms with Crippen molar-refractivity contribution in [2.75, 3.05) is 5.32 Å². The Morgan fingerprint density at radius 1 is 1.42 bits per heavy atom. The molecule has 1 atom stereocenters. The predicted molar refractivity (Wildman–Crippen MR) is 78.2 cm³/mol. The van der Waals surface area contributed by atoms with Gasteiger partial charge in [0.25, 0.3) is 0 Å². The smallest absolute Gasteiger partial charge is 0.336 e. The largest absolute Gasteiger partial charge is 0.478 e. The lowest BCUT2D eigenvalue weighted by atomic mass is 9.95. The quantitative estimate of drug-likeness (QED) is 0.805. The summed E-state index contributed by atoms with van der Waals surface area (Å²) < 4.78 is 14.1. The van der Waals surface area contributed by atoms with Crippen LogP contribution in [0.4, 0.5) is 10.1 Å². The summed E-state index contributed by atoms with van der Waals surface area (Å²) in [4.78, 5) is 10.9. The van der Waals surface area contributed by atoms with Gasteiger partial charge in [-0.1, -0.05) is 26.7 Å². The second-order valence-electron chi connectivity index (χ2n) is 4.60. The summed E-state index contributed by atoms with van der Waals surface area (Å²) in [6.45, 7) is 6.22. The first kappa shape index (κ1) is 16.0. The number of anilines is 1. The number of halogens is 2. The van der Waals surface area contributed by atoms with Crippen LogP contribution in [0.2, 0.25) is 0 Å². The standard InChI is InChI=1S/C14H19BrFNO2/c1-4-9(5-2)8(3)17-11-7-6-10(14(18)19)12(15)13(11)16/h6-9,17H,4-5H2,1-3H3,(H,18,19). The van der Waals surface area contributed by atoms with Crippen molar-refractivity contribution in [1.82, 2.24) is 0 Å². The fourth-order valence-electron chi connectivity index (χ4n) is 2.19. The van der Waals surface area contributed by atoms with Gasteiger partial charge in [0.05, 0.1) is 15.7 Å². The number of hydrogen-bond acceptors (Lipinski definition) is 2. The summed E-state index contributed by atoms with van der Waals surface area (Å²) in [7, 11) is 0. The number of benzene rings is 1. The summed E-state index contributed by atoms with van der Waals surface area (Å²) in [6.07, 6.45) is 2.03. The highest BCUT2D eigenvalue weighted by molar-refractivity contribution is 9.10. The molecule has 2 N–H and O–H groups in total. The van der Waals surface area contributed by atoms with Crippen molar-refractivity contribution in [3.8, 4) is 0 Å². The van der Waals surface area contributed by atoms with E-state index in [1.54, 1.807) is 0 Å². The van der Waals surface area contributed by atoms with E-state index >= 15 is 0 Å². The zero-order valence-corrected chi connectivity index (χ0v) is 12.9. The second kappa shape index (κ2) is 6.89. The van der Waals surface area contributed by atoms with Crippen LogP contribution in [-0.4, -0.2) is 17.1 Å². The van der Waals surface area contributed by atoms with Crippen molar-refractivity contribution >= 4 is 27.6 Å². The molecule has 0 bridgehead atoms.